The van der Waals surface area contributed by atoms with Crippen LogP contribution in [0.2, 0.25) is 18.1 Å². The van der Waals surface area contributed by atoms with Gasteiger partial charge in [-0.3, -0.25) is 4.90 Å². The van der Waals surface area contributed by atoms with E-state index in [0.717, 1.165) is 4.90 Å². The Hall–Kier alpha value is -0.803. The monoisotopic (exact) mass is 399 g/mol. The summed E-state index contributed by atoms with van der Waals surface area (Å²) in [7, 11) is -2.22. The minimum absolute atomic E-state index is 0.0614. The summed E-state index contributed by atoms with van der Waals surface area (Å²) < 4.78 is 51.1. The first kappa shape index (κ1) is 23.2. The largest absolute Gasteiger partial charge is 0.444 e. The molecule has 0 aromatic heterocycles. The van der Waals surface area contributed by atoms with Crippen LogP contribution in [0, 0.1) is 0 Å². The van der Waals surface area contributed by atoms with E-state index in [1.54, 1.807) is 20.8 Å². The highest BCUT2D eigenvalue weighted by Gasteiger charge is 2.61. The molecule has 1 rings (SSSR count). The van der Waals surface area contributed by atoms with Crippen molar-refractivity contribution >= 4 is 14.4 Å². The van der Waals surface area contributed by atoms with Crippen molar-refractivity contribution in [1.82, 2.24) is 4.90 Å². The molecule has 0 radical (unpaired) electrons. The molecule has 1 amide bonds. The lowest BCUT2D eigenvalue weighted by atomic mass is 10.0. The van der Waals surface area contributed by atoms with Crippen LogP contribution in [0.5, 0.6) is 0 Å². The standard InChI is InChI=1S/C17H32F3NO4Si/c1-14(2,3)25-13(22)21-11-16(23,17(18,19)20)9-12(21)10-24-26(7,8)15(4,5)6/h12,23H,9-11H2,1-8H3. The molecular formula is C17H32F3NO4Si. The zero-order valence-corrected chi connectivity index (χ0v) is 18.0. The Bertz CT molecular complexity index is 526. The van der Waals surface area contributed by atoms with Crippen LogP contribution >= 0.6 is 0 Å². The lowest BCUT2D eigenvalue weighted by Crippen LogP contribution is -2.49. The van der Waals surface area contributed by atoms with Gasteiger partial charge in [0.15, 0.2) is 13.9 Å². The molecule has 0 spiro atoms. The van der Waals surface area contributed by atoms with Crippen molar-refractivity contribution in [3.63, 3.8) is 0 Å². The number of alkyl halides is 3. The number of carbonyl (C=O) groups excluding carboxylic acids is 1. The number of aliphatic hydroxyl groups is 1. The van der Waals surface area contributed by atoms with Gasteiger partial charge in [-0.15, -0.1) is 0 Å². The van der Waals surface area contributed by atoms with Crippen LogP contribution in [-0.2, 0) is 9.16 Å². The van der Waals surface area contributed by atoms with Crippen molar-refractivity contribution in [2.45, 2.75) is 89.5 Å². The van der Waals surface area contributed by atoms with Gasteiger partial charge < -0.3 is 14.3 Å². The molecule has 0 aromatic carbocycles. The third-order valence-corrected chi connectivity index (χ3v) is 9.55. The Balaban J connectivity index is 3.02. The number of halogens is 3. The average Bonchev–Trinajstić information content (AvgIpc) is 2.71. The molecule has 2 atom stereocenters. The minimum atomic E-state index is -4.83. The average molecular weight is 400 g/mol. The quantitative estimate of drug-likeness (QED) is 0.719. The van der Waals surface area contributed by atoms with Gasteiger partial charge in [0.1, 0.15) is 5.60 Å². The lowest BCUT2D eigenvalue weighted by Gasteiger charge is -2.38. The molecule has 0 aliphatic carbocycles. The smallest absolute Gasteiger partial charge is 0.419 e. The van der Waals surface area contributed by atoms with Crippen LogP contribution in [0.3, 0.4) is 0 Å². The molecule has 0 saturated carbocycles. The number of hydrogen-bond donors (Lipinski definition) is 1. The molecule has 1 aliphatic rings. The van der Waals surface area contributed by atoms with Crippen molar-refractivity contribution in [3.05, 3.63) is 0 Å². The second-order valence-corrected chi connectivity index (χ2v) is 14.4. The highest BCUT2D eigenvalue weighted by Crippen LogP contribution is 2.42. The normalized spacial score (nSPS) is 25.5. The fourth-order valence-electron chi connectivity index (χ4n) is 2.38. The summed E-state index contributed by atoms with van der Waals surface area (Å²) in [4.78, 5) is 13.3. The molecule has 0 aromatic rings. The number of nitrogens with zero attached hydrogens (tertiary/aromatic N) is 1. The molecule has 9 heteroatoms. The Morgan fingerprint density at radius 2 is 1.69 bits per heavy atom. The molecule has 5 nitrogen and oxygen atoms in total. The van der Waals surface area contributed by atoms with Crippen LogP contribution in [0.25, 0.3) is 0 Å². The van der Waals surface area contributed by atoms with Crippen molar-refractivity contribution in [3.8, 4) is 0 Å². The summed E-state index contributed by atoms with van der Waals surface area (Å²) >= 11 is 0. The number of amides is 1. The molecule has 1 heterocycles. The second-order valence-electron chi connectivity index (χ2n) is 9.57. The van der Waals surface area contributed by atoms with E-state index >= 15 is 0 Å². The highest BCUT2D eigenvalue weighted by molar-refractivity contribution is 6.74. The summed E-state index contributed by atoms with van der Waals surface area (Å²) in [6.07, 6.45) is -6.33. The number of carbonyl (C=O) groups is 1. The highest BCUT2D eigenvalue weighted by atomic mass is 28.4. The van der Waals surface area contributed by atoms with E-state index in [0.29, 0.717) is 0 Å². The number of β-amino-alcohol motifs (C(OH)–C–C–N with tert-alkyl or cyclic N) is 1. The second kappa shape index (κ2) is 6.98. The van der Waals surface area contributed by atoms with Gasteiger partial charge in [0.25, 0.3) is 0 Å². The van der Waals surface area contributed by atoms with Crippen LogP contribution < -0.4 is 0 Å². The molecular weight excluding hydrogens is 367 g/mol. The van der Waals surface area contributed by atoms with E-state index in [4.69, 9.17) is 9.16 Å². The zero-order valence-electron chi connectivity index (χ0n) is 17.0. The third-order valence-electron chi connectivity index (χ3n) is 5.04. The van der Waals surface area contributed by atoms with Gasteiger partial charge in [-0.1, -0.05) is 20.8 Å². The van der Waals surface area contributed by atoms with Crippen molar-refractivity contribution in [2.75, 3.05) is 13.2 Å². The van der Waals surface area contributed by atoms with Crippen molar-refractivity contribution in [2.24, 2.45) is 0 Å². The van der Waals surface area contributed by atoms with Gasteiger partial charge >= 0.3 is 12.3 Å². The maximum absolute atomic E-state index is 13.3. The van der Waals surface area contributed by atoms with Crippen LogP contribution in [-0.4, -0.2) is 61.0 Å². The predicted molar refractivity (Wildman–Crippen MR) is 95.5 cm³/mol. The first-order valence-electron chi connectivity index (χ1n) is 8.72. The first-order chi connectivity index (χ1) is 11.3. The Morgan fingerprint density at radius 3 is 2.08 bits per heavy atom. The Kier molecular flexibility index (Phi) is 6.24. The summed E-state index contributed by atoms with van der Waals surface area (Å²) in [5.74, 6) is 0. The summed E-state index contributed by atoms with van der Waals surface area (Å²) in [5, 5.41) is 9.96. The first-order valence-corrected chi connectivity index (χ1v) is 11.6. The van der Waals surface area contributed by atoms with Gasteiger partial charge in [0.2, 0.25) is 0 Å². The maximum Gasteiger partial charge on any atom is 0.419 e. The van der Waals surface area contributed by atoms with Gasteiger partial charge in [-0.25, -0.2) is 4.79 Å². The van der Waals surface area contributed by atoms with Crippen LogP contribution in [0.4, 0.5) is 18.0 Å². The van der Waals surface area contributed by atoms with Gasteiger partial charge in [-0.05, 0) is 38.9 Å². The summed E-state index contributed by atoms with van der Waals surface area (Å²) in [6.45, 7) is 14.0. The maximum atomic E-state index is 13.3. The SMILES string of the molecule is CC(C)(C)OC(=O)N1CC(O)(C(F)(F)F)CC1CO[Si](C)(C)C(C)(C)C. The number of hydrogen-bond acceptors (Lipinski definition) is 4. The van der Waals surface area contributed by atoms with E-state index in [1.165, 1.54) is 0 Å². The van der Waals surface area contributed by atoms with Crippen molar-refractivity contribution < 1.29 is 32.2 Å². The Morgan fingerprint density at radius 1 is 1.19 bits per heavy atom. The minimum Gasteiger partial charge on any atom is -0.444 e. The van der Waals surface area contributed by atoms with E-state index in [2.05, 4.69) is 0 Å². The molecule has 1 N–H and O–H groups in total. The van der Waals surface area contributed by atoms with E-state index in [-0.39, 0.29) is 11.6 Å². The van der Waals surface area contributed by atoms with E-state index < -0.39 is 50.8 Å². The molecule has 1 aliphatic heterocycles. The number of ether oxygens (including phenoxy) is 1. The van der Waals surface area contributed by atoms with Gasteiger partial charge in [-0.2, -0.15) is 13.2 Å². The third kappa shape index (κ3) is 5.36. The Labute approximate surface area is 155 Å². The molecule has 2 unspecified atom stereocenters. The van der Waals surface area contributed by atoms with Crippen LogP contribution in [0.15, 0.2) is 0 Å². The number of likely N-dealkylation sites (tertiary alicyclic amines) is 1. The van der Waals surface area contributed by atoms with Crippen molar-refractivity contribution in [1.29, 1.82) is 0 Å². The fraction of sp³-hybridized carbons (Fsp3) is 0.941. The fourth-order valence-corrected chi connectivity index (χ4v) is 3.43. The molecule has 26 heavy (non-hydrogen) atoms. The van der Waals surface area contributed by atoms with E-state index in [1.807, 2.05) is 33.9 Å². The summed E-state index contributed by atoms with van der Waals surface area (Å²) in [5.41, 5.74) is -3.80. The van der Waals surface area contributed by atoms with Gasteiger partial charge in [0, 0.05) is 6.42 Å². The zero-order chi connectivity index (χ0) is 20.8. The lowest BCUT2D eigenvalue weighted by molar-refractivity contribution is -0.253. The molecule has 154 valence electrons. The van der Waals surface area contributed by atoms with E-state index in [9.17, 15) is 23.1 Å². The van der Waals surface area contributed by atoms with Crippen LogP contribution in [0.1, 0.15) is 48.0 Å². The molecule has 1 fully saturated rings. The topological polar surface area (TPSA) is 59.0 Å². The predicted octanol–water partition coefficient (Wildman–Crippen LogP) is 4.31. The molecule has 0 bridgehead atoms. The van der Waals surface area contributed by atoms with Gasteiger partial charge in [0.05, 0.1) is 19.2 Å². The number of rotatable bonds is 3. The summed E-state index contributed by atoms with van der Waals surface area (Å²) in [6, 6.07) is -0.898. The molecule has 1 saturated heterocycles.